The number of benzene rings is 1. The first kappa shape index (κ1) is 19.7. The van der Waals surface area contributed by atoms with Crippen molar-refractivity contribution in [2.24, 2.45) is 0 Å². The van der Waals surface area contributed by atoms with E-state index in [2.05, 4.69) is 5.32 Å². The van der Waals surface area contributed by atoms with E-state index in [1.54, 1.807) is 30.3 Å². The fourth-order valence-electron chi connectivity index (χ4n) is 2.09. The minimum atomic E-state index is -3.28. The Balaban J connectivity index is 1.99. The Kier molecular flexibility index (Phi) is 6.59. The van der Waals surface area contributed by atoms with Crippen LogP contribution in [0.1, 0.15) is 18.4 Å². The number of furan rings is 1. The van der Waals surface area contributed by atoms with Crippen LogP contribution in [0.5, 0.6) is 5.75 Å². The van der Waals surface area contributed by atoms with Gasteiger partial charge in [0.1, 0.15) is 17.3 Å². The molecular formula is C18H22N2O5S. The lowest BCUT2D eigenvalue weighted by atomic mass is 10.3. The number of ether oxygens (including phenoxy) is 1. The zero-order valence-electron chi connectivity index (χ0n) is 14.9. The van der Waals surface area contributed by atoms with Gasteiger partial charge >= 0.3 is 0 Å². The summed E-state index contributed by atoms with van der Waals surface area (Å²) in [4.78, 5) is 12.1. The minimum absolute atomic E-state index is 0.126. The van der Waals surface area contributed by atoms with Crippen molar-refractivity contribution >= 4 is 27.7 Å². The second-order valence-electron chi connectivity index (χ2n) is 5.57. The SMILES string of the molecule is CCOc1ccccc1NC(=O)/C=C/c1ccc(CN(C)S(C)(=O)=O)o1. The fourth-order valence-corrected chi connectivity index (χ4v) is 2.45. The van der Waals surface area contributed by atoms with E-state index >= 15 is 0 Å². The molecule has 0 radical (unpaired) electrons. The molecule has 8 heteroatoms. The first-order valence-electron chi connectivity index (χ1n) is 8.00. The molecule has 1 aromatic carbocycles. The Hall–Kier alpha value is -2.58. The molecule has 2 aromatic rings. The first-order valence-corrected chi connectivity index (χ1v) is 9.85. The third-order valence-electron chi connectivity index (χ3n) is 3.47. The molecule has 0 unspecified atom stereocenters. The number of sulfonamides is 1. The fraction of sp³-hybridized carbons (Fsp3) is 0.278. The number of anilines is 1. The summed E-state index contributed by atoms with van der Waals surface area (Å²) >= 11 is 0. The maximum Gasteiger partial charge on any atom is 0.248 e. The highest BCUT2D eigenvalue weighted by Crippen LogP contribution is 2.23. The van der Waals surface area contributed by atoms with Crippen LogP contribution in [0.25, 0.3) is 6.08 Å². The standard InChI is InChI=1S/C18H22N2O5S/c1-4-24-17-8-6-5-7-16(17)19-18(21)12-11-14-9-10-15(25-14)13-20(2)26(3,22)23/h5-12H,4,13H2,1-3H3,(H,19,21)/b12-11+. The molecule has 2 rings (SSSR count). The van der Waals surface area contributed by atoms with Crippen LogP contribution in [0.3, 0.4) is 0 Å². The molecule has 26 heavy (non-hydrogen) atoms. The van der Waals surface area contributed by atoms with E-state index in [-0.39, 0.29) is 12.5 Å². The van der Waals surface area contributed by atoms with E-state index in [4.69, 9.17) is 9.15 Å². The van der Waals surface area contributed by atoms with E-state index in [1.165, 1.54) is 23.5 Å². The highest BCUT2D eigenvalue weighted by molar-refractivity contribution is 7.88. The molecular weight excluding hydrogens is 356 g/mol. The second kappa shape index (κ2) is 8.68. The largest absolute Gasteiger partial charge is 0.492 e. The maximum atomic E-state index is 12.1. The van der Waals surface area contributed by atoms with Crippen molar-refractivity contribution in [1.82, 2.24) is 4.31 Å². The van der Waals surface area contributed by atoms with Gasteiger partial charge in [-0.15, -0.1) is 0 Å². The van der Waals surface area contributed by atoms with Gasteiger partial charge in [0.2, 0.25) is 15.9 Å². The zero-order valence-corrected chi connectivity index (χ0v) is 15.7. The van der Waals surface area contributed by atoms with E-state index in [9.17, 15) is 13.2 Å². The Morgan fingerprint density at radius 3 is 2.69 bits per heavy atom. The van der Waals surface area contributed by atoms with Gasteiger partial charge in [-0.1, -0.05) is 12.1 Å². The number of hydrogen-bond donors (Lipinski definition) is 1. The third kappa shape index (κ3) is 5.75. The monoisotopic (exact) mass is 378 g/mol. The van der Waals surface area contributed by atoms with Gasteiger partial charge in [0.15, 0.2) is 0 Å². The molecule has 0 aliphatic heterocycles. The van der Waals surface area contributed by atoms with Crippen LogP contribution in [0.2, 0.25) is 0 Å². The summed E-state index contributed by atoms with van der Waals surface area (Å²) in [5.41, 5.74) is 0.582. The number of nitrogens with zero attached hydrogens (tertiary/aromatic N) is 1. The lowest BCUT2D eigenvalue weighted by molar-refractivity contribution is -0.111. The average molecular weight is 378 g/mol. The van der Waals surface area contributed by atoms with Gasteiger partial charge in [-0.05, 0) is 37.3 Å². The molecule has 0 atom stereocenters. The molecule has 140 valence electrons. The summed E-state index contributed by atoms with van der Waals surface area (Å²) in [6, 6.07) is 10.5. The number of hydrogen-bond acceptors (Lipinski definition) is 5. The first-order chi connectivity index (χ1) is 12.3. The predicted molar refractivity (Wildman–Crippen MR) is 100 cm³/mol. The summed E-state index contributed by atoms with van der Waals surface area (Å²) in [6.45, 7) is 2.49. The summed E-state index contributed by atoms with van der Waals surface area (Å²) in [5.74, 6) is 1.21. The van der Waals surface area contributed by atoms with Gasteiger partial charge in [0, 0.05) is 13.1 Å². The molecule has 1 N–H and O–H groups in total. The van der Waals surface area contributed by atoms with E-state index < -0.39 is 10.0 Å². The number of nitrogens with one attached hydrogen (secondary N) is 1. The van der Waals surface area contributed by atoms with Crippen molar-refractivity contribution in [3.05, 3.63) is 54.0 Å². The average Bonchev–Trinajstić information content (AvgIpc) is 3.02. The van der Waals surface area contributed by atoms with Gasteiger partial charge in [-0.2, -0.15) is 4.31 Å². The molecule has 0 spiro atoms. The summed E-state index contributed by atoms with van der Waals surface area (Å²) in [7, 11) is -1.81. The molecule has 0 bridgehead atoms. The Labute approximate surface area is 153 Å². The van der Waals surface area contributed by atoms with Crippen LogP contribution in [-0.2, 0) is 21.4 Å². The number of para-hydroxylation sites is 2. The molecule has 0 saturated carbocycles. The molecule has 1 amide bonds. The Bertz CT molecular complexity index is 886. The molecule has 0 aliphatic rings. The number of amides is 1. The Morgan fingerprint density at radius 1 is 1.27 bits per heavy atom. The normalized spacial score (nSPS) is 11.8. The lowest BCUT2D eigenvalue weighted by Crippen LogP contribution is -2.24. The summed E-state index contributed by atoms with van der Waals surface area (Å²) in [6.07, 6.45) is 3.98. The van der Waals surface area contributed by atoms with Crippen LogP contribution in [0.4, 0.5) is 5.69 Å². The van der Waals surface area contributed by atoms with Crippen LogP contribution in [0, 0.1) is 0 Å². The summed E-state index contributed by atoms with van der Waals surface area (Å²) in [5, 5.41) is 2.74. The second-order valence-corrected chi connectivity index (χ2v) is 7.66. The van der Waals surface area contributed by atoms with Crippen molar-refractivity contribution in [2.45, 2.75) is 13.5 Å². The van der Waals surface area contributed by atoms with Crippen molar-refractivity contribution in [3.63, 3.8) is 0 Å². The van der Waals surface area contributed by atoms with Crippen LogP contribution >= 0.6 is 0 Å². The molecule has 0 fully saturated rings. The van der Waals surface area contributed by atoms with E-state index in [1.807, 2.05) is 13.0 Å². The number of carbonyl (C=O) groups is 1. The van der Waals surface area contributed by atoms with Crippen molar-refractivity contribution in [3.8, 4) is 5.75 Å². The number of rotatable bonds is 8. The maximum absolute atomic E-state index is 12.1. The van der Waals surface area contributed by atoms with Gasteiger partial charge in [-0.25, -0.2) is 8.42 Å². The van der Waals surface area contributed by atoms with E-state index in [0.29, 0.717) is 29.6 Å². The zero-order chi connectivity index (χ0) is 19.2. The Morgan fingerprint density at radius 2 is 2.00 bits per heavy atom. The third-order valence-corrected chi connectivity index (χ3v) is 4.73. The van der Waals surface area contributed by atoms with Gasteiger partial charge in [0.05, 0.1) is 25.1 Å². The highest BCUT2D eigenvalue weighted by Gasteiger charge is 2.13. The molecule has 1 aromatic heterocycles. The van der Waals surface area contributed by atoms with Crippen molar-refractivity contribution in [2.75, 3.05) is 25.2 Å². The quantitative estimate of drug-likeness (QED) is 0.714. The molecule has 0 saturated heterocycles. The minimum Gasteiger partial charge on any atom is -0.492 e. The molecule has 7 nitrogen and oxygen atoms in total. The molecule has 0 aliphatic carbocycles. The topological polar surface area (TPSA) is 88.9 Å². The lowest BCUT2D eigenvalue weighted by Gasteiger charge is -2.11. The van der Waals surface area contributed by atoms with Gasteiger partial charge in [0.25, 0.3) is 0 Å². The van der Waals surface area contributed by atoms with Gasteiger partial charge in [-0.3, -0.25) is 4.79 Å². The van der Waals surface area contributed by atoms with Crippen LogP contribution < -0.4 is 10.1 Å². The van der Waals surface area contributed by atoms with Crippen molar-refractivity contribution in [1.29, 1.82) is 0 Å². The van der Waals surface area contributed by atoms with E-state index in [0.717, 1.165) is 6.26 Å². The number of carbonyl (C=O) groups excluding carboxylic acids is 1. The summed E-state index contributed by atoms with van der Waals surface area (Å²) < 4.78 is 35.0. The predicted octanol–water partition coefficient (Wildman–Crippen LogP) is 2.72. The van der Waals surface area contributed by atoms with Crippen molar-refractivity contribution < 1.29 is 22.4 Å². The van der Waals surface area contributed by atoms with Gasteiger partial charge < -0.3 is 14.5 Å². The highest BCUT2D eigenvalue weighted by atomic mass is 32.2. The smallest absolute Gasteiger partial charge is 0.248 e. The van der Waals surface area contributed by atoms with Crippen LogP contribution in [-0.4, -0.2) is 38.5 Å². The molecule has 1 heterocycles. The van der Waals surface area contributed by atoms with Crippen LogP contribution in [0.15, 0.2) is 46.9 Å².